The van der Waals surface area contributed by atoms with E-state index in [-0.39, 0.29) is 18.4 Å². The number of hydrogen-bond acceptors (Lipinski definition) is 6. The topological polar surface area (TPSA) is 98.4 Å². The van der Waals surface area contributed by atoms with Crippen LogP contribution in [0.5, 0.6) is 23.0 Å². The monoisotopic (exact) mass is 455 g/mol. The van der Waals surface area contributed by atoms with E-state index >= 15 is 0 Å². The summed E-state index contributed by atoms with van der Waals surface area (Å²) in [6, 6.07) is 8.83. The molecule has 0 radical (unpaired) electrons. The summed E-state index contributed by atoms with van der Waals surface area (Å²) in [4.78, 5) is 27.3. The third-order valence-corrected chi connectivity index (χ3v) is 6.41. The Hall–Kier alpha value is -3.62. The van der Waals surface area contributed by atoms with Gasteiger partial charge in [-0.1, -0.05) is 0 Å². The van der Waals surface area contributed by atoms with Crippen LogP contribution in [0, 0.1) is 0 Å². The van der Waals surface area contributed by atoms with Crippen molar-refractivity contribution in [3.8, 4) is 23.0 Å². The van der Waals surface area contributed by atoms with Crippen molar-refractivity contribution in [2.24, 2.45) is 0 Å². The number of benzene rings is 2. The lowest BCUT2D eigenvalue weighted by Gasteiger charge is -2.45. The number of fused-ring (bicyclic) bond motifs is 2. The maximum Gasteiger partial charge on any atom is 0.321 e. The first-order valence-corrected chi connectivity index (χ1v) is 10.8. The molecule has 0 atom stereocenters. The van der Waals surface area contributed by atoms with Crippen molar-refractivity contribution < 1.29 is 28.5 Å². The Morgan fingerprint density at radius 2 is 1.61 bits per heavy atom. The van der Waals surface area contributed by atoms with Gasteiger partial charge in [-0.25, -0.2) is 4.79 Å². The highest BCUT2D eigenvalue weighted by molar-refractivity contribution is 5.91. The molecule has 3 amide bonds. The van der Waals surface area contributed by atoms with E-state index in [1.807, 2.05) is 12.1 Å². The average molecular weight is 456 g/mol. The molecule has 176 valence electrons. The summed E-state index contributed by atoms with van der Waals surface area (Å²) >= 11 is 0. The average Bonchev–Trinajstić information content (AvgIpc) is 2.83. The zero-order valence-electron chi connectivity index (χ0n) is 19.3. The lowest BCUT2D eigenvalue weighted by molar-refractivity contribution is -0.124. The summed E-state index contributed by atoms with van der Waals surface area (Å²) in [6.07, 6.45) is 1.46. The van der Waals surface area contributed by atoms with Gasteiger partial charge in [-0.2, -0.15) is 0 Å². The standard InChI is InChI=1S/C24H29N3O6/c1-30-16-5-6-19(31-2)18(13-16)25-23(29)27-9-7-24(8-10-27)17-14-21(33-4)20(32-3)11-15(17)12-22(28)26-24/h5-6,11,13-14H,7-10,12H2,1-4H3,(H,25,29)(H,26,28). The van der Waals surface area contributed by atoms with Gasteiger partial charge in [0.05, 0.1) is 46.1 Å². The van der Waals surface area contributed by atoms with Gasteiger partial charge in [0.1, 0.15) is 11.5 Å². The van der Waals surface area contributed by atoms with Crippen LogP contribution in [0.3, 0.4) is 0 Å². The zero-order valence-corrected chi connectivity index (χ0v) is 19.3. The maximum absolute atomic E-state index is 13.0. The summed E-state index contributed by atoms with van der Waals surface area (Å²) in [7, 11) is 6.29. The molecule has 9 heteroatoms. The van der Waals surface area contributed by atoms with Crippen LogP contribution in [0.4, 0.5) is 10.5 Å². The van der Waals surface area contributed by atoms with Gasteiger partial charge in [-0.15, -0.1) is 0 Å². The Labute approximate surface area is 192 Å². The fourth-order valence-electron chi connectivity index (χ4n) is 4.66. The number of nitrogens with one attached hydrogen (secondary N) is 2. The van der Waals surface area contributed by atoms with E-state index in [4.69, 9.17) is 18.9 Å². The number of rotatable bonds is 5. The number of ether oxygens (including phenoxy) is 4. The quantitative estimate of drug-likeness (QED) is 0.720. The van der Waals surface area contributed by atoms with Crippen molar-refractivity contribution in [3.63, 3.8) is 0 Å². The second-order valence-corrected chi connectivity index (χ2v) is 8.15. The molecule has 0 aliphatic carbocycles. The van der Waals surface area contributed by atoms with Crippen molar-refractivity contribution in [2.45, 2.75) is 24.8 Å². The fourth-order valence-corrected chi connectivity index (χ4v) is 4.66. The number of nitrogens with zero attached hydrogens (tertiary/aromatic N) is 1. The largest absolute Gasteiger partial charge is 0.497 e. The molecule has 0 saturated carbocycles. The molecule has 9 nitrogen and oxygen atoms in total. The van der Waals surface area contributed by atoms with Crippen LogP contribution in [0.1, 0.15) is 24.0 Å². The molecule has 0 unspecified atom stereocenters. The van der Waals surface area contributed by atoms with Crippen LogP contribution in [0.2, 0.25) is 0 Å². The smallest absolute Gasteiger partial charge is 0.321 e. The third-order valence-electron chi connectivity index (χ3n) is 6.41. The first-order chi connectivity index (χ1) is 15.9. The maximum atomic E-state index is 13.0. The van der Waals surface area contributed by atoms with Crippen molar-refractivity contribution in [2.75, 3.05) is 46.8 Å². The summed E-state index contributed by atoms with van der Waals surface area (Å²) in [5, 5.41) is 6.11. The zero-order chi connectivity index (χ0) is 23.6. The lowest BCUT2D eigenvalue weighted by Crippen LogP contribution is -2.57. The molecule has 1 saturated heterocycles. The molecule has 2 aliphatic rings. The van der Waals surface area contributed by atoms with E-state index in [2.05, 4.69) is 10.6 Å². The number of anilines is 1. The van der Waals surface area contributed by atoms with Gasteiger partial charge in [0.15, 0.2) is 11.5 Å². The number of amides is 3. The van der Waals surface area contributed by atoms with Crippen LogP contribution in [-0.4, -0.2) is 58.4 Å². The van der Waals surface area contributed by atoms with Gasteiger partial charge < -0.3 is 34.5 Å². The van der Waals surface area contributed by atoms with Crippen molar-refractivity contribution >= 4 is 17.6 Å². The van der Waals surface area contributed by atoms with E-state index in [9.17, 15) is 9.59 Å². The third kappa shape index (κ3) is 4.22. The molecular formula is C24H29N3O6. The molecule has 2 heterocycles. The van der Waals surface area contributed by atoms with Crippen LogP contribution in [-0.2, 0) is 16.8 Å². The Bertz CT molecular complexity index is 1060. The minimum Gasteiger partial charge on any atom is -0.497 e. The van der Waals surface area contributed by atoms with E-state index < -0.39 is 5.54 Å². The predicted molar refractivity (Wildman–Crippen MR) is 122 cm³/mol. The van der Waals surface area contributed by atoms with E-state index in [1.54, 1.807) is 51.5 Å². The number of hydrogen-bond donors (Lipinski definition) is 2. The number of carbonyl (C=O) groups excluding carboxylic acids is 2. The summed E-state index contributed by atoms with van der Waals surface area (Å²) in [5.41, 5.74) is 1.94. The van der Waals surface area contributed by atoms with Crippen LogP contribution in [0.25, 0.3) is 0 Å². The fraction of sp³-hybridized carbons (Fsp3) is 0.417. The molecule has 33 heavy (non-hydrogen) atoms. The Morgan fingerprint density at radius 3 is 2.24 bits per heavy atom. The molecule has 0 aromatic heterocycles. The van der Waals surface area contributed by atoms with Gasteiger partial charge in [0.25, 0.3) is 0 Å². The van der Waals surface area contributed by atoms with Gasteiger partial charge in [-0.3, -0.25) is 4.79 Å². The number of piperidine rings is 1. The van der Waals surface area contributed by atoms with Crippen LogP contribution in [0.15, 0.2) is 30.3 Å². The first kappa shape index (κ1) is 22.6. The van der Waals surface area contributed by atoms with E-state index in [1.165, 1.54) is 0 Å². The molecule has 1 fully saturated rings. The highest BCUT2D eigenvalue weighted by atomic mass is 16.5. The summed E-state index contributed by atoms with van der Waals surface area (Å²) in [5.74, 6) is 2.36. The Kier molecular flexibility index (Phi) is 6.22. The highest BCUT2D eigenvalue weighted by Gasteiger charge is 2.43. The first-order valence-electron chi connectivity index (χ1n) is 10.8. The molecule has 2 aliphatic heterocycles. The summed E-state index contributed by atoms with van der Waals surface area (Å²) < 4.78 is 21.5. The van der Waals surface area contributed by atoms with Gasteiger partial charge in [0, 0.05) is 19.2 Å². The minimum absolute atomic E-state index is 0.0336. The van der Waals surface area contributed by atoms with Crippen molar-refractivity contribution in [1.82, 2.24) is 10.2 Å². The normalized spacial score (nSPS) is 16.5. The predicted octanol–water partition coefficient (Wildman–Crippen LogP) is 2.92. The lowest BCUT2D eigenvalue weighted by atomic mass is 9.75. The second kappa shape index (κ2) is 9.09. The molecule has 2 N–H and O–H groups in total. The molecular weight excluding hydrogens is 426 g/mol. The summed E-state index contributed by atoms with van der Waals surface area (Å²) in [6.45, 7) is 0.957. The number of urea groups is 1. The molecule has 1 spiro atoms. The van der Waals surface area contributed by atoms with Crippen molar-refractivity contribution in [3.05, 3.63) is 41.5 Å². The molecule has 2 aromatic carbocycles. The number of likely N-dealkylation sites (tertiary alicyclic amines) is 1. The van der Waals surface area contributed by atoms with Gasteiger partial charge >= 0.3 is 6.03 Å². The minimum atomic E-state index is -0.547. The highest BCUT2D eigenvalue weighted by Crippen LogP contribution is 2.43. The SMILES string of the molecule is COc1ccc(OC)c(NC(=O)N2CCC3(CC2)NC(=O)Cc2cc(OC)c(OC)cc23)c1. The van der Waals surface area contributed by atoms with Gasteiger partial charge in [-0.05, 0) is 48.2 Å². The number of carbonyl (C=O) groups is 2. The van der Waals surface area contributed by atoms with Crippen LogP contribution < -0.4 is 29.6 Å². The van der Waals surface area contributed by atoms with Gasteiger partial charge in [0.2, 0.25) is 5.91 Å². The molecule has 2 aromatic rings. The van der Waals surface area contributed by atoms with Crippen LogP contribution >= 0.6 is 0 Å². The number of methoxy groups -OCH3 is 4. The Morgan fingerprint density at radius 1 is 0.939 bits per heavy atom. The second-order valence-electron chi connectivity index (χ2n) is 8.15. The van der Waals surface area contributed by atoms with E-state index in [0.717, 1.165) is 11.1 Å². The van der Waals surface area contributed by atoms with E-state index in [0.29, 0.717) is 54.6 Å². The molecule has 0 bridgehead atoms. The van der Waals surface area contributed by atoms with Crippen molar-refractivity contribution in [1.29, 1.82) is 0 Å². The Balaban J connectivity index is 1.53. The molecule has 4 rings (SSSR count).